The normalized spacial score (nSPS) is 34.8. The molecule has 2 heteroatoms. The molecule has 2 aliphatic rings. The summed E-state index contributed by atoms with van der Waals surface area (Å²) in [5.74, 6) is 1.91. The van der Waals surface area contributed by atoms with Gasteiger partial charge >= 0.3 is 0 Å². The quantitative estimate of drug-likeness (QED) is 0.826. The highest BCUT2D eigenvalue weighted by Gasteiger charge is 2.43. The Morgan fingerprint density at radius 1 is 1.17 bits per heavy atom. The molecular weight excluding hydrogens is 220 g/mol. The van der Waals surface area contributed by atoms with Gasteiger partial charge < -0.3 is 5.32 Å². The molecule has 3 atom stereocenters. The minimum Gasteiger partial charge on any atom is -0.311 e. The topological polar surface area (TPSA) is 15.3 Å². The van der Waals surface area contributed by atoms with Gasteiger partial charge in [-0.05, 0) is 58.8 Å². The van der Waals surface area contributed by atoms with Crippen molar-refractivity contribution in [2.75, 3.05) is 13.1 Å². The predicted molar refractivity (Wildman–Crippen MR) is 78.8 cm³/mol. The average Bonchev–Trinajstić information content (AvgIpc) is 2.73. The first-order chi connectivity index (χ1) is 8.40. The minimum atomic E-state index is 0.364. The third-order valence-electron chi connectivity index (χ3n) is 4.94. The molecule has 18 heavy (non-hydrogen) atoms. The Bertz CT molecular complexity index is 255. The van der Waals surface area contributed by atoms with Gasteiger partial charge in [0.15, 0.2) is 0 Å². The molecule has 0 aromatic carbocycles. The van der Waals surface area contributed by atoms with Gasteiger partial charge in [-0.15, -0.1) is 0 Å². The van der Waals surface area contributed by atoms with Gasteiger partial charge in [-0.25, -0.2) is 0 Å². The number of nitrogens with zero attached hydrogens (tertiary/aromatic N) is 1. The monoisotopic (exact) mass is 252 g/mol. The van der Waals surface area contributed by atoms with E-state index in [-0.39, 0.29) is 0 Å². The van der Waals surface area contributed by atoms with E-state index in [2.05, 4.69) is 44.8 Å². The summed E-state index contributed by atoms with van der Waals surface area (Å²) in [6.07, 6.45) is 5.43. The Kier molecular flexibility index (Phi) is 4.38. The molecule has 3 unspecified atom stereocenters. The van der Waals surface area contributed by atoms with Crippen LogP contribution < -0.4 is 5.32 Å². The van der Waals surface area contributed by atoms with E-state index in [0.29, 0.717) is 11.6 Å². The fourth-order valence-electron chi connectivity index (χ4n) is 3.90. The SMILES string of the molecule is CCCC(C)NC1CC2CN(C(C)(C)C)CC2C1. The van der Waals surface area contributed by atoms with Gasteiger partial charge in [-0.1, -0.05) is 13.3 Å². The zero-order valence-corrected chi connectivity index (χ0v) is 13.0. The summed E-state index contributed by atoms with van der Waals surface area (Å²) in [4.78, 5) is 2.69. The smallest absolute Gasteiger partial charge is 0.0125 e. The summed E-state index contributed by atoms with van der Waals surface area (Å²) in [5, 5.41) is 3.84. The highest BCUT2D eigenvalue weighted by molar-refractivity contribution is 4.98. The van der Waals surface area contributed by atoms with Crippen LogP contribution in [0.5, 0.6) is 0 Å². The molecule has 1 aliphatic heterocycles. The van der Waals surface area contributed by atoms with Crippen LogP contribution in [0.25, 0.3) is 0 Å². The number of rotatable bonds is 4. The summed E-state index contributed by atoms with van der Waals surface area (Å²) in [6, 6.07) is 1.50. The Morgan fingerprint density at radius 2 is 1.72 bits per heavy atom. The van der Waals surface area contributed by atoms with Crippen LogP contribution in [-0.2, 0) is 0 Å². The standard InChI is InChI=1S/C16H32N2/c1-6-7-12(2)17-15-8-13-10-18(16(3,4)5)11-14(13)9-15/h12-15,17H,6-11H2,1-5H3. The van der Waals surface area contributed by atoms with Gasteiger partial charge in [0, 0.05) is 30.7 Å². The molecule has 0 amide bonds. The highest BCUT2D eigenvalue weighted by Crippen LogP contribution is 2.40. The Balaban J connectivity index is 1.79. The first-order valence-electron chi connectivity index (χ1n) is 7.91. The average molecular weight is 252 g/mol. The van der Waals surface area contributed by atoms with Crippen LogP contribution >= 0.6 is 0 Å². The second kappa shape index (κ2) is 5.50. The predicted octanol–water partition coefficient (Wildman–Crippen LogP) is 3.27. The lowest BCUT2D eigenvalue weighted by Crippen LogP contribution is -2.41. The number of nitrogens with one attached hydrogen (secondary N) is 1. The lowest BCUT2D eigenvalue weighted by Gasteiger charge is -2.33. The summed E-state index contributed by atoms with van der Waals surface area (Å²) < 4.78 is 0. The molecule has 1 N–H and O–H groups in total. The maximum absolute atomic E-state index is 3.84. The molecule has 1 aliphatic carbocycles. The van der Waals surface area contributed by atoms with E-state index in [1.165, 1.54) is 38.8 Å². The van der Waals surface area contributed by atoms with E-state index in [9.17, 15) is 0 Å². The van der Waals surface area contributed by atoms with Crippen molar-refractivity contribution in [2.24, 2.45) is 11.8 Å². The number of hydrogen-bond acceptors (Lipinski definition) is 2. The first kappa shape index (κ1) is 14.3. The van der Waals surface area contributed by atoms with Crippen molar-refractivity contribution in [1.82, 2.24) is 10.2 Å². The Morgan fingerprint density at radius 3 is 2.17 bits per heavy atom. The van der Waals surface area contributed by atoms with Crippen LogP contribution in [0.4, 0.5) is 0 Å². The molecule has 0 radical (unpaired) electrons. The fraction of sp³-hybridized carbons (Fsp3) is 1.00. The van der Waals surface area contributed by atoms with Gasteiger partial charge in [-0.3, -0.25) is 4.90 Å². The Hall–Kier alpha value is -0.0800. The fourth-order valence-corrected chi connectivity index (χ4v) is 3.90. The third-order valence-corrected chi connectivity index (χ3v) is 4.94. The summed E-state index contributed by atoms with van der Waals surface area (Å²) in [7, 11) is 0. The third kappa shape index (κ3) is 3.27. The Labute approximate surface area is 114 Å². The van der Waals surface area contributed by atoms with E-state index in [0.717, 1.165) is 17.9 Å². The number of likely N-dealkylation sites (tertiary alicyclic amines) is 1. The molecule has 106 valence electrons. The van der Waals surface area contributed by atoms with Crippen LogP contribution in [0.3, 0.4) is 0 Å². The van der Waals surface area contributed by atoms with Crippen LogP contribution in [-0.4, -0.2) is 35.6 Å². The summed E-state index contributed by atoms with van der Waals surface area (Å²) in [6.45, 7) is 14.3. The maximum Gasteiger partial charge on any atom is 0.0125 e. The van der Waals surface area contributed by atoms with Crippen molar-refractivity contribution < 1.29 is 0 Å². The molecule has 0 bridgehead atoms. The second-order valence-corrected chi connectivity index (χ2v) is 7.62. The van der Waals surface area contributed by atoms with Crippen molar-refractivity contribution in [3.8, 4) is 0 Å². The van der Waals surface area contributed by atoms with Gasteiger partial charge in [0.25, 0.3) is 0 Å². The first-order valence-corrected chi connectivity index (χ1v) is 7.91. The van der Waals surface area contributed by atoms with Crippen molar-refractivity contribution in [3.05, 3.63) is 0 Å². The van der Waals surface area contributed by atoms with E-state index in [1.54, 1.807) is 0 Å². The number of fused-ring (bicyclic) bond motifs is 1. The molecule has 2 nitrogen and oxygen atoms in total. The molecule has 0 aromatic rings. The van der Waals surface area contributed by atoms with Crippen LogP contribution in [0.15, 0.2) is 0 Å². The zero-order valence-electron chi connectivity index (χ0n) is 13.0. The molecule has 1 saturated carbocycles. The minimum absolute atomic E-state index is 0.364. The van der Waals surface area contributed by atoms with Crippen LogP contribution in [0, 0.1) is 11.8 Å². The molecule has 2 rings (SSSR count). The van der Waals surface area contributed by atoms with Crippen LogP contribution in [0.2, 0.25) is 0 Å². The van der Waals surface area contributed by atoms with Gasteiger partial charge in [0.1, 0.15) is 0 Å². The zero-order chi connectivity index (χ0) is 13.3. The van der Waals surface area contributed by atoms with Crippen LogP contribution in [0.1, 0.15) is 60.3 Å². The van der Waals surface area contributed by atoms with Crippen molar-refractivity contribution in [3.63, 3.8) is 0 Å². The van der Waals surface area contributed by atoms with E-state index < -0.39 is 0 Å². The molecule has 0 aromatic heterocycles. The van der Waals surface area contributed by atoms with Crippen molar-refractivity contribution in [2.45, 2.75) is 77.9 Å². The van der Waals surface area contributed by atoms with E-state index in [1.807, 2.05) is 0 Å². The summed E-state index contributed by atoms with van der Waals surface area (Å²) >= 11 is 0. The van der Waals surface area contributed by atoms with Gasteiger partial charge in [0.05, 0.1) is 0 Å². The lowest BCUT2D eigenvalue weighted by atomic mass is 10.0. The summed E-state index contributed by atoms with van der Waals surface area (Å²) in [5.41, 5.74) is 0.364. The molecule has 1 saturated heterocycles. The lowest BCUT2D eigenvalue weighted by molar-refractivity contribution is 0.158. The molecule has 0 spiro atoms. The number of hydrogen-bond donors (Lipinski definition) is 1. The van der Waals surface area contributed by atoms with E-state index >= 15 is 0 Å². The molecular formula is C16H32N2. The largest absolute Gasteiger partial charge is 0.311 e. The van der Waals surface area contributed by atoms with Gasteiger partial charge in [0.2, 0.25) is 0 Å². The van der Waals surface area contributed by atoms with E-state index in [4.69, 9.17) is 0 Å². The van der Waals surface area contributed by atoms with Gasteiger partial charge in [-0.2, -0.15) is 0 Å². The molecule has 2 fully saturated rings. The second-order valence-electron chi connectivity index (χ2n) is 7.62. The maximum atomic E-state index is 3.84. The van der Waals surface area contributed by atoms with Crippen molar-refractivity contribution in [1.29, 1.82) is 0 Å². The highest BCUT2D eigenvalue weighted by atomic mass is 15.2. The van der Waals surface area contributed by atoms with Crippen molar-refractivity contribution >= 4 is 0 Å². The molecule has 1 heterocycles.